The van der Waals surface area contributed by atoms with Gasteiger partial charge in [-0.25, -0.2) is 4.98 Å². The van der Waals surface area contributed by atoms with E-state index in [-0.39, 0.29) is 5.69 Å². The van der Waals surface area contributed by atoms with E-state index >= 15 is 0 Å². The van der Waals surface area contributed by atoms with E-state index in [1.807, 2.05) is 6.92 Å². The van der Waals surface area contributed by atoms with Crippen LogP contribution in [0.1, 0.15) is 25.7 Å². The van der Waals surface area contributed by atoms with Crippen LogP contribution < -0.4 is 11.1 Å². The lowest BCUT2D eigenvalue weighted by atomic mass is 10.2. The third-order valence-electron chi connectivity index (χ3n) is 2.32. The molecule has 0 saturated carbocycles. The summed E-state index contributed by atoms with van der Waals surface area (Å²) >= 11 is 4.55. The van der Waals surface area contributed by atoms with Gasteiger partial charge in [0, 0.05) is 15.5 Å². The molecule has 0 aliphatic carbocycles. The molecular weight excluding hydrogens is 330 g/mol. The van der Waals surface area contributed by atoms with Gasteiger partial charge in [0.2, 0.25) is 0 Å². The second-order valence-corrected chi connectivity index (χ2v) is 5.86. The van der Waals surface area contributed by atoms with E-state index in [0.717, 1.165) is 4.88 Å². The Labute approximate surface area is 122 Å². The SMILES string of the molecule is Cc1cc(C(N)=O)c(NC(=O)c2ncccc2Br)s1. The molecule has 0 saturated heterocycles. The molecule has 2 aromatic rings. The molecule has 0 unspecified atom stereocenters. The number of hydrogen-bond donors (Lipinski definition) is 2. The van der Waals surface area contributed by atoms with Crippen molar-refractivity contribution in [2.75, 3.05) is 5.32 Å². The third kappa shape index (κ3) is 2.99. The largest absolute Gasteiger partial charge is 0.366 e. The number of halogens is 1. The summed E-state index contributed by atoms with van der Waals surface area (Å²) < 4.78 is 0.585. The molecule has 0 spiro atoms. The molecule has 2 amide bonds. The number of nitrogens with one attached hydrogen (secondary N) is 1. The van der Waals surface area contributed by atoms with E-state index in [9.17, 15) is 9.59 Å². The number of anilines is 1. The number of rotatable bonds is 3. The summed E-state index contributed by atoms with van der Waals surface area (Å²) in [4.78, 5) is 28.2. The van der Waals surface area contributed by atoms with Crippen LogP contribution in [0.2, 0.25) is 0 Å². The highest BCUT2D eigenvalue weighted by atomic mass is 79.9. The number of nitrogens with zero attached hydrogens (tertiary/aromatic N) is 1. The Hall–Kier alpha value is -1.73. The molecule has 0 aliphatic rings. The van der Waals surface area contributed by atoms with Crippen molar-refractivity contribution in [1.29, 1.82) is 0 Å². The molecule has 0 aromatic carbocycles. The molecule has 2 rings (SSSR count). The summed E-state index contributed by atoms with van der Waals surface area (Å²) in [5, 5.41) is 3.09. The zero-order chi connectivity index (χ0) is 14.0. The minimum atomic E-state index is -0.570. The lowest BCUT2D eigenvalue weighted by Gasteiger charge is -2.05. The van der Waals surface area contributed by atoms with Crippen LogP contribution in [0.15, 0.2) is 28.9 Å². The maximum Gasteiger partial charge on any atom is 0.276 e. The molecule has 19 heavy (non-hydrogen) atoms. The molecule has 98 valence electrons. The van der Waals surface area contributed by atoms with Crippen molar-refractivity contribution in [3.05, 3.63) is 45.0 Å². The summed E-state index contributed by atoms with van der Waals surface area (Å²) in [6.07, 6.45) is 1.52. The van der Waals surface area contributed by atoms with E-state index in [0.29, 0.717) is 15.0 Å². The zero-order valence-electron chi connectivity index (χ0n) is 9.94. The molecule has 5 nitrogen and oxygen atoms in total. The first kappa shape index (κ1) is 13.7. The number of carbonyl (C=O) groups excluding carboxylic acids is 2. The third-order valence-corrected chi connectivity index (χ3v) is 3.93. The predicted molar refractivity (Wildman–Crippen MR) is 77.5 cm³/mol. The van der Waals surface area contributed by atoms with Crippen LogP contribution in [0, 0.1) is 6.92 Å². The molecule has 0 bridgehead atoms. The molecule has 2 heterocycles. The maximum atomic E-state index is 12.1. The minimum absolute atomic E-state index is 0.254. The van der Waals surface area contributed by atoms with Crippen LogP contribution in [0.5, 0.6) is 0 Å². The van der Waals surface area contributed by atoms with Gasteiger partial charge in [-0.2, -0.15) is 0 Å². The Morgan fingerprint density at radius 3 is 2.84 bits per heavy atom. The average Bonchev–Trinajstić information content (AvgIpc) is 2.70. The van der Waals surface area contributed by atoms with E-state index in [2.05, 4.69) is 26.2 Å². The number of pyridine rings is 1. The lowest BCUT2D eigenvalue weighted by Crippen LogP contribution is -2.17. The molecule has 0 aliphatic heterocycles. The molecule has 0 atom stereocenters. The molecule has 0 radical (unpaired) electrons. The summed E-state index contributed by atoms with van der Waals surface area (Å²) in [6.45, 7) is 1.84. The molecular formula is C12H10BrN3O2S. The Bertz CT molecular complexity index is 654. The number of aryl methyl sites for hydroxylation is 1. The second kappa shape index (κ2) is 5.50. The topological polar surface area (TPSA) is 85.1 Å². The van der Waals surface area contributed by atoms with E-state index in [1.165, 1.54) is 17.5 Å². The highest BCUT2D eigenvalue weighted by molar-refractivity contribution is 9.10. The van der Waals surface area contributed by atoms with Crippen LogP contribution >= 0.6 is 27.3 Å². The first-order valence-electron chi connectivity index (χ1n) is 5.31. The quantitative estimate of drug-likeness (QED) is 0.900. The van der Waals surface area contributed by atoms with Crippen molar-refractivity contribution in [2.45, 2.75) is 6.92 Å². The maximum absolute atomic E-state index is 12.1. The Kier molecular flexibility index (Phi) is 3.96. The van der Waals surface area contributed by atoms with Gasteiger partial charge >= 0.3 is 0 Å². The van der Waals surface area contributed by atoms with Crippen LogP contribution in [-0.4, -0.2) is 16.8 Å². The van der Waals surface area contributed by atoms with Gasteiger partial charge < -0.3 is 11.1 Å². The number of carbonyl (C=O) groups is 2. The van der Waals surface area contributed by atoms with E-state index < -0.39 is 11.8 Å². The highest BCUT2D eigenvalue weighted by Crippen LogP contribution is 2.28. The van der Waals surface area contributed by atoms with Gasteiger partial charge in [-0.15, -0.1) is 11.3 Å². The van der Waals surface area contributed by atoms with Crippen molar-refractivity contribution < 1.29 is 9.59 Å². The number of amides is 2. The summed E-state index contributed by atoms with van der Waals surface area (Å²) in [5.74, 6) is -0.962. The van der Waals surface area contributed by atoms with E-state index in [1.54, 1.807) is 18.2 Å². The smallest absolute Gasteiger partial charge is 0.276 e. The van der Waals surface area contributed by atoms with Gasteiger partial charge in [-0.3, -0.25) is 9.59 Å². The fourth-order valence-corrected chi connectivity index (χ4v) is 2.85. The second-order valence-electron chi connectivity index (χ2n) is 3.75. The number of nitrogens with two attached hydrogens (primary N) is 1. The van der Waals surface area contributed by atoms with Gasteiger partial charge in [-0.05, 0) is 41.1 Å². The van der Waals surface area contributed by atoms with Crippen molar-refractivity contribution >= 4 is 44.1 Å². The Morgan fingerprint density at radius 2 is 2.21 bits per heavy atom. The number of aromatic nitrogens is 1. The minimum Gasteiger partial charge on any atom is -0.366 e. The zero-order valence-corrected chi connectivity index (χ0v) is 12.3. The molecule has 7 heteroatoms. The molecule has 0 fully saturated rings. The molecule has 3 N–H and O–H groups in total. The van der Waals surface area contributed by atoms with Crippen molar-refractivity contribution in [2.24, 2.45) is 5.73 Å². The monoisotopic (exact) mass is 339 g/mol. The summed E-state index contributed by atoms with van der Waals surface area (Å²) in [7, 11) is 0. The van der Waals surface area contributed by atoms with Gasteiger partial charge in [0.15, 0.2) is 0 Å². The van der Waals surface area contributed by atoms with Crippen LogP contribution in [0.25, 0.3) is 0 Å². The fourth-order valence-electron chi connectivity index (χ4n) is 1.51. The predicted octanol–water partition coefficient (Wildman–Crippen LogP) is 2.57. The van der Waals surface area contributed by atoms with Gasteiger partial charge in [-0.1, -0.05) is 0 Å². The van der Waals surface area contributed by atoms with Crippen LogP contribution in [0.3, 0.4) is 0 Å². The van der Waals surface area contributed by atoms with Gasteiger partial charge in [0.1, 0.15) is 10.7 Å². The lowest BCUT2D eigenvalue weighted by molar-refractivity contribution is 0.100. The fraction of sp³-hybridized carbons (Fsp3) is 0.0833. The van der Waals surface area contributed by atoms with Gasteiger partial charge in [0.05, 0.1) is 5.56 Å². The average molecular weight is 340 g/mol. The van der Waals surface area contributed by atoms with Crippen molar-refractivity contribution in [1.82, 2.24) is 4.98 Å². The Morgan fingerprint density at radius 1 is 1.47 bits per heavy atom. The normalized spacial score (nSPS) is 10.2. The summed E-state index contributed by atoms with van der Waals surface area (Å²) in [6, 6.07) is 5.08. The van der Waals surface area contributed by atoms with Crippen LogP contribution in [0.4, 0.5) is 5.00 Å². The first-order valence-corrected chi connectivity index (χ1v) is 6.92. The first-order chi connectivity index (χ1) is 8.99. The van der Waals surface area contributed by atoms with Crippen molar-refractivity contribution in [3.8, 4) is 0 Å². The number of thiophene rings is 1. The summed E-state index contributed by atoms with van der Waals surface area (Å²) in [5.41, 5.74) is 5.83. The van der Waals surface area contributed by atoms with E-state index in [4.69, 9.17) is 5.73 Å². The molecule has 2 aromatic heterocycles. The van der Waals surface area contributed by atoms with Crippen molar-refractivity contribution in [3.63, 3.8) is 0 Å². The van der Waals surface area contributed by atoms with Gasteiger partial charge in [0.25, 0.3) is 11.8 Å². The standard InChI is InChI=1S/C12H10BrN3O2S/c1-6-5-7(10(14)17)12(19-6)16-11(18)9-8(13)3-2-4-15-9/h2-5H,1H3,(H2,14,17)(H,16,18). The van der Waals surface area contributed by atoms with Crippen LogP contribution in [-0.2, 0) is 0 Å². The highest BCUT2D eigenvalue weighted by Gasteiger charge is 2.17. The number of hydrogen-bond acceptors (Lipinski definition) is 4. The Balaban J connectivity index is 2.29. The number of primary amides is 1.